The lowest BCUT2D eigenvalue weighted by molar-refractivity contribution is -0.139. The molecule has 0 amide bonds. The minimum Gasteiger partial charge on any atom is -0.480 e. The van der Waals surface area contributed by atoms with Gasteiger partial charge in [0.15, 0.2) is 0 Å². The van der Waals surface area contributed by atoms with E-state index in [4.69, 9.17) is 20.1 Å². The zero-order valence-corrected chi connectivity index (χ0v) is 21.6. The maximum absolute atomic E-state index is 11.7. The van der Waals surface area contributed by atoms with Crippen LogP contribution in [0.5, 0.6) is 0 Å². The molecule has 0 aromatic carbocycles. The van der Waals surface area contributed by atoms with E-state index < -0.39 is 32.5 Å². The number of phosphoric acid groups is 1. The van der Waals surface area contributed by atoms with E-state index in [2.05, 4.69) is 35.8 Å². The molecule has 0 saturated heterocycles. The van der Waals surface area contributed by atoms with Gasteiger partial charge >= 0.3 is 13.8 Å². The second-order valence-electron chi connectivity index (χ2n) is 8.26. The van der Waals surface area contributed by atoms with E-state index in [9.17, 15) is 19.4 Å². The quantitative estimate of drug-likeness (QED) is 0.0827. The minimum atomic E-state index is -4.47. The average molecular weight is 508 g/mol. The largest absolute Gasteiger partial charge is 0.480 e. The van der Waals surface area contributed by atoms with Crippen molar-refractivity contribution in [3.8, 4) is 0 Å². The number of rotatable bonds is 24. The second-order valence-corrected chi connectivity index (χ2v) is 9.72. The number of carboxylic acid groups (broad SMARTS) is 1. The molecule has 10 heteroatoms. The van der Waals surface area contributed by atoms with Crippen molar-refractivity contribution in [1.82, 2.24) is 0 Å². The third-order valence-corrected chi connectivity index (χ3v) is 6.01. The molecule has 0 bridgehead atoms. The van der Waals surface area contributed by atoms with Crippen LogP contribution in [0.2, 0.25) is 0 Å². The lowest BCUT2D eigenvalue weighted by Gasteiger charge is -2.18. The number of carbonyl (C=O) groups is 1. The second kappa shape index (κ2) is 22.4. The highest BCUT2D eigenvalue weighted by atomic mass is 31.2. The van der Waals surface area contributed by atoms with Crippen molar-refractivity contribution in [2.75, 3.05) is 26.4 Å². The molecule has 0 aliphatic rings. The highest BCUT2D eigenvalue weighted by Gasteiger charge is 2.26. The van der Waals surface area contributed by atoms with Gasteiger partial charge in [-0.3, -0.25) is 13.8 Å². The van der Waals surface area contributed by atoms with Gasteiger partial charge in [-0.05, 0) is 38.5 Å². The molecule has 0 saturated carbocycles. The van der Waals surface area contributed by atoms with Gasteiger partial charge in [-0.15, -0.1) is 0 Å². The van der Waals surface area contributed by atoms with Crippen LogP contribution in [0.3, 0.4) is 0 Å². The Morgan fingerprint density at radius 2 is 1.47 bits per heavy atom. The fourth-order valence-electron chi connectivity index (χ4n) is 2.95. The number of carboxylic acids is 1. The summed E-state index contributed by atoms with van der Waals surface area (Å²) in [4.78, 5) is 20.1. The van der Waals surface area contributed by atoms with Crippen LogP contribution in [0.25, 0.3) is 0 Å². The number of aliphatic hydroxyl groups excluding tert-OH is 1. The Kier molecular flexibility index (Phi) is 21.7. The van der Waals surface area contributed by atoms with Gasteiger partial charge in [-0.1, -0.05) is 69.8 Å². The van der Waals surface area contributed by atoms with Crippen molar-refractivity contribution < 1.29 is 38.3 Å². The number of allylic oxidation sites excluding steroid dienone is 4. The van der Waals surface area contributed by atoms with Crippen LogP contribution < -0.4 is 5.73 Å². The maximum Gasteiger partial charge on any atom is 0.472 e. The first-order valence-electron chi connectivity index (χ1n) is 12.4. The lowest BCUT2D eigenvalue weighted by atomic mass is 10.1. The first kappa shape index (κ1) is 32.9. The summed E-state index contributed by atoms with van der Waals surface area (Å²) in [7, 11) is -4.47. The number of hydrogen-bond acceptors (Lipinski definition) is 7. The van der Waals surface area contributed by atoms with Gasteiger partial charge in [0, 0.05) is 6.61 Å². The molecule has 34 heavy (non-hydrogen) atoms. The normalized spacial score (nSPS) is 15.6. The van der Waals surface area contributed by atoms with Gasteiger partial charge < -0.3 is 25.6 Å². The van der Waals surface area contributed by atoms with E-state index >= 15 is 0 Å². The summed E-state index contributed by atoms with van der Waals surface area (Å²) >= 11 is 0. The molecule has 0 aliphatic carbocycles. The van der Waals surface area contributed by atoms with Crippen LogP contribution >= 0.6 is 7.82 Å². The molecule has 0 radical (unpaired) electrons. The molecule has 0 aliphatic heterocycles. The van der Waals surface area contributed by atoms with Crippen LogP contribution in [0.4, 0.5) is 0 Å². The van der Waals surface area contributed by atoms with Gasteiger partial charge in [-0.25, -0.2) is 4.57 Å². The third kappa shape index (κ3) is 21.5. The van der Waals surface area contributed by atoms with Crippen molar-refractivity contribution in [1.29, 1.82) is 0 Å². The number of nitrogens with two attached hydrogens (primary N) is 1. The highest BCUT2D eigenvalue weighted by Crippen LogP contribution is 2.43. The SMILES string of the molecule is CCCCC/C=C\C/C=C\CCCCCCCCO[C@H](CO)COP(=O)(O)OC[C@H](N)C(=O)O. The molecule has 0 spiro atoms. The number of aliphatic carboxylic acids is 1. The van der Waals surface area contributed by atoms with E-state index in [1.54, 1.807) is 0 Å². The molecule has 0 aromatic heterocycles. The Hall–Kier alpha value is -1.06. The predicted octanol–water partition coefficient (Wildman–Crippen LogP) is 4.72. The number of ether oxygens (including phenoxy) is 1. The molecule has 0 fully saturated rings. The summed E-state index contributed by atoms with van der Waals surface area (Å²) in [5.74, 6) is -1.36. The summed E-state index contributed by atoms with van der Waals surface area (Å²) in [6, 6.07) is -1.43. The molecule has 5 N–H and O–H groups in total. The molecule has 3 atom stereocenters. The van der Waals surface area contributed by atoms with Crippen molar-refractivity contribution in [3.63, 3.8) is 0 Å². The van der Waals surface area contributed by atoms with E-state index in [-0.39, 0.29) is 13.2 Å². The monoisotopic (exact) mass is 507 g/mol. The zero-order chi connectivity index (χ0) is 25.5. The smallest absolute Gasteiger partial charge is 0.472 e. The number of unbranched alkanes of at least 4 members (excludes halogenated alkanes) is 9. The maximum atomic E-state index is 11.7. The van der Waals surface area contributed by atoms with Crippen molar-refractivity contribution in [2.45, 2.75) is 96.1 Å². The van der Waals surface area contributed by atoms with Gasteiger partial charge in [0.2, 0.25) is 0 Å². The zero-order valence-electron chi connectivity index (χ0n) is 20.7. The van der Waals surface area contributed by atoms with Crippen LogP contribution in [-0.4, -0.2) is 59.6 Å². The van der Waals surface area contributed by atoms with Gasteiger partial charge in [0.05, 0.1) is 19.8 Å². The van der Waals surface area contributed by atoms with Crippen LogP contribution in [0, 0.1) is 0 Å². The summed E-state index contributed by atoms with van der Waals surface area (Å²) in [6.45, 7) is 1.23. The molecule has 1 unspecified atom stereocenters. The lowest BCUT2D eigenvalue weighted by Crippen LogP contribution is -2.34. The Morgan fingerprint density at radius 3 is 2.06 bits per heavy atom. The Balaban J connectivity index is 3.65. The standard InChI is InChI=1S/C24H46NO8P/c1-2-3-4-5-6-7-8-9-10-11-12-13-14-15-16-17-18-31-22(19-26)20-32-34(29,30)33-21-23(25)24(27)28/h6-7,9-10,22-23,26H,2-5,8,11-21,25H2,1H3,(H,27,28)(H,29,30)/b7-6-,10-9-/t22-,23+/m1/s1. The fourth-order valence-corrected chi connectivity index (χ4v) is 3.73. The number of phosphoric ester groups is 1. The Bertz CT molecular complexity index is 600. The summed E-state index contributed by atoms with van der Waals surface area (Å²) < 4.78 is 26.5. The van der Waals surface area contributed by atoms with E-state index in [0.29, 0.717) is 6.61 Å². The minimum absolute atomic E-state index is 0.352. The van der Waals surface area contributed by atoms with Gasteiger partial charge in [0.25, 0.3) is 0 Å². The molecule has 200 valence electrons. The molecular formula is C24H46NO8P. The molecular weight excluding hydrogens is 461 g/mol. The first-order chi connectivity index (χ1) is 16.3. The van der Waals surface area contributed by atoms with Crippen molar-refractivity contribution in [2.24, 2.45) is 5.73 Å². The molecule has 0 heterocycles. The summed E-state index contributed by atoms with van der Waals surface area (Å²) in [6.07, 6.45) is 21.9. The fraction of sp³-hybridized carbons (Fsp3) is 0.792. The molecule has 0 rings (SSSR count). The van der Waals surface area contributed by atoms with E-state index in [0.717, 1.165) is 32.1 Å². The summed E-state index contributed by atoms with van der Waals surface area (Å²) in [5, 5.41) is 18.0. The molecule has 9 nitrogen and oxygen atoms in total. The summed E-state index contributed by atoms with van der Waals surface area (Å²) in [5.41, 5.74) is 5.20. The van der Waals surface area contributed by atoms with Gasteiger partial charge in [-0.2, -0.15) is 0 Å². The van der Waals surface area contributed by atoms with Gasteiger partial charge in [0.1, 0.15) is 12.1 Å². The first-order valence-corrected chi connectivity index (χ1v) is 13.9. The van der Waals surface area contributed by atoms with E-state index in [1.807, 2.05) is 0 Å². The predicted molar refractivity (Wildman–Crippen MR) is 134 cm³/mol. The topological polar surface area (TPSA) is 149 Å². The number of aliphatic hydroxyl groups is 1. The van der Waals surface area contributed by atoms with Crippen molar-refractivity contribution in [3.05, 3.63) is 24.3 Å². The van der Waals surface area contributed by atoms with Crippen LogP contribution in [-0.2, 0) is 23.1 Å². The van der Waals surface area contributed by atoms with Crippen LogP contribution in [0.1, 0.15) is 84.0 Å². The molecule has 0 aromatic rings. The van der Waals surface area contributed by atoms with Crippen molar-refractivity contribution >= 4 is 13.8 Å². The Morgan fingerprint density at radius 1 is 0.912 bits per heavy atom. The number of hydrogen-bond donors (Lipinski definition) is 4. The third-order valence-electron chi connectivity index (χ3n) is 5.06. The van der Waals surface area contributed by atoms with Crippen LogP contribution in [0.15, 0.2) is 24.3 Å². The highest BCUT2D eigenvalue weighted by molar-refractivity contribution is 7.47. The average Bonchev–Trinajstić information content (AvgIpc) is 2.81. The Labute approximate surface area is 205 Å². The van der Waals surface area contributed by atoms with E-state index in [1.165, 1.54) is 44.9 Å².